The highest BCUT2D eigenvalue weighted by atomic mass is 35.5. The van der Waals surface area contributed by atoms with E-state index >= 15 is 0 Å². The number of hydrogen-bond acceptors (Lipinski definition) is 4. The first kappa shape index (κ1) is 13.0. The zero-order chi connectivity index (χ0) is 10.5. The maximum atomic E-state index is 11.3. The number of hydrogen-bond donors (Lipinski definition) is 3. The molecule has 1 aliphatic heterocycles. The Morgan fingerprint density at radius 1 is 1.62 bits per heavy atom. The van der Waals surface area contributed by atoms with Crippen LogP contribution in [0.2, 0.25) is 0 Å². The van der Waals surface area contributed by atoms with Gasteiger partial charge >= 0.3 is 0 Å². The van der Waals surface area contributed by atoms with Gasteiger partial charge in [-0.1, -0.05) is 0 Å². The Hall–Kier alpha value is -1.11. The van der Waals surface area contributed by atoms with E-state index in [0.717, 1.165) is 13.1 Å². The van der Waals surface area contributed by atoms with E-state index in [0.29, 0.717) is 18.7 Å². The fourth-order valence-corrected chi connectivity index (χ4v) is 1.24. The summed E-state index contributed by atoms with van der Waals surface area (Å²) in [6.07, 6.45) is 3.86. The van der Waals surface area contributed by atoms with Crippen molar-refractivity contribution in [3.8, 4) is 0 Å². The Kier molecular flexibility index (Phi) is 5.24. The van der Waals surface area contributed by atoms with Crippen molar-refractivity contribution in [1.82, 2.24) is 15.5 Å². The number of nitrogens with one attached hydrogen (secondary N) is 3. The maximum Gasteiger partial charge on any atom is 0.226 e. The molecule has 0 aromatic carbocycles. The Labute approximate surface area is 99.5 Å². The SMILES string of the molecule is Cl.O=C(CCOC1CNC1)Nc1cn[nH]c1. The highest BCUT2D eigenvalue weighted by Crippen LogP contribution is 2.03. The molecule has 2 heterocycles. The predicted molar refractivity (Wildman–Crippen MR) is 61.7 cm³/mol. The third-order valence-electron chi connectivity index (χ3n) is 2.21. The van der Waals surface area contributed by atoms with Crippen molar-refractivity contribution in [2.45, 2.75) is 12.5 Å². The topological polar surface area (TPSA) is 79.0 Å². The van der Waals surface area contributed by atoms with Crippen LogP contribution in [0.3, 0.4) is 0 Å². The summed E-state index contributed by atoms with van der Waals surface area (Å²) in [4.78, 5) is 11.3. The molecule has 3 N–H and O–H groups in total. The molecule has 6 nitrogen and oxygen atoms in total. The van der Waals surface area contributed by atoms with Crippen LogP contribution in [0.4, 0.5) is 5.69 Å². The summed E-state index contributed by atoms with van der Waals surface area (Å²) >= 11 is 0. The van der Waals surface area contributed by atoms with Crippen molar-refractivity contribution < 1.29 is 9.53 Å². The first-order valence-electron chi connectivity index (χ1n) is 4.95. The minimum atomic E-state index is -0.0521. The van der Waals surface area contributed by atoms with Crippen LogP contribution in [0.5, 0.6) is 0 Å². The van der Waals surface area contributed by atoms with Gasteiger partial charge in [0.15, 0.2) is 0 Å². The number of halogens is 1. The van der Waals surface area contributed by atoms with Crippen LogP contribution in [0.15, 0.2) is 12.4 Å². The Bertz CT molecular complexity index is 313. The van der Waals surface area contributed by atoms with Gasteiger partial charge in [-0.25, -0.2) is 0 Å². The van der Waals surface area contributed by atoms with Crippen molar-refractivity contribution in [3.05, 3.63) is 12.4 Å². The normalized spacial score (nSPS) is 15.0. The molecule has 0 bridgehead atoms. The van der Waals surface area contributed by atoms with Crippen molar-refractivity contribution >= 4 is 24.0 Å². The van der Waals surface area contributed by atoms with Crippen LogP contribution in [-0.4, -0.2) is 41.9 Å². The summed E-state index contributed by atoms with van der Waals surface area (Å²) in [7, 11) is 0. The third-order valence-corrected chi connectivity index (χ3v) is 2.21. The number of rotatable bonds is 5. The quantitative estimate of drug-likeness (QED) is 0.691. The molecule has 1 fully saturated rings. The fraction of sp³-hybridized carbons (Fsp3) is 0.556. The second kappa shape index (κ2) is 6.47. The number of carbonyl (C=O) groups is 1. The van der Waals surface area contributed by atoms with Gasteiger partial charge in [0.1, 0.15) is 0 Å². The minimum Gasteiger partial charge on any atom is -0.375 e. The number of nitrogens with zero attached hydrogens (tertiary/aromatic N) is 1. The standard InChI is InChI=1S/C9H14N4O2.ClH/c14-9(13-7-3-11-12-4-7)1-2-15-8-5-10-6-8;/h3-4,8,10H,1-2,5-6H2,(H,11,12)(H,13,14);1H. The van der Waals surface area contributed by atoms with Gasteiger partial charge in [-0.15, -0.1) is 12.4 Å². The maximum absolute atomic E-state index is 11.3. The number of ether oxygens (including phenoxy) is 1. The average molecular weight is 247 g/mol. The first-order valence-corrected chi connectivity index (χ1v) is 4.95. The van der Waals surface area contributed by atoms with Crippen LogP contribution >= 0.6 is 12.4 Å². The van der Waals surface area contributed by atoms with Gasteiger partial charge < -0.3 is 15.4 Å². The first-order chi connectivity index (χ1) is 7.34. The summed E-state index contributed by atoms with van der Waals surface area (Å²) in [5, 5.41) is 12.2. The summed E-state index contributed by atoms with van der Waals surface area (Å²) in [5.74, 6) is -0.0521. The molecule has 0 unspecified atom stereocenters. The van der Waals surface area contributed by atoms with E-state index in [9.17, 15) is 4.79 Å². The number of amides is 1. The van der Waals surface area contributed by atoms with Gasteiger partial charge in [-0.05, 0) is 0 Å². The fourth-order valence-electron chi connectivity index (χ4n) is 1.24. The summed E-state index contributed by atoms with van der Waals surface area (Å²) in [6, 6.07) is 0. The van der Waals surface area contributed by atoms with Gasteiger partial charge in [0.2, 0.25) is 5.91 Å². The van der Waals surface area contributed by atoms with E-state index < -0.39 is 0 Å². The molecule has 1 aromatic heterocycles. The van der Waals surface area contributed by atoms with E-state index in [1.54, 1.807) is 12.4 Å². The van der Waals surface area contributed by atoms with Gasteiger partial charge in [0.05, 0.1) is 31.0 Å². The lowest BCUT2D eigenvalue weighted by molar-refractivity contribution is -0.118. The number of anilines is 1. The molecule has 1 aromatic rings. The van der Waals surface area contributed by atoms with Gasteiger partial charge in [0, 0.05) is 19.3 Å². The third kappa shape index (κ3) is 3.80. The van der Waals surface area contributed by atoms with Crippen LogP contribution < -0.4 is 10.6 Å². The molecule has 0 atom stereocenters. The van der Waals surface area contributed by atoms with Crippen LogP contribution in [0.25, 0.3) is 0 Å². The molecule has 0 radical (unpaired) electrons. The highest BCUT2D eigenvalue weighted by Gasteiger charge is 2.16. The second-order valence-electron chi connectivity index (χ2n) is 3.44. The molecule has 0 saturated carbocycles. The summed E-state index contributed by atoms with van der Waals surface area (Å²) in [6.45, 7) is 2.25. The summed E-state index contributed by atoms with van der Waals surface area (Å²) in [5.41, 5.74) is 0.685. The lowest BCUT2D eigenvalue weighted by Crippen LogP contribution is -2.48. The van der Waals surface area contributed by atoms with Gasteiger partial charge in [0.25, 0.3) is 0 Å². The van der Waals surface area contributed by atoms with E-state index in [4.69, 9.17) is 4.74 Å². The van der Waals surface area contributed by atoms with E-state index in [-0.39, 0.29) is 24.4 Å². The second-order valence-corrected chi connectivity index (χ2v) is 3.44. The van der Waals surface area contributed by atoms with E-state index in [1.807, 2.05) is 0 Å². The molecular weight excluding hydrogens is 232 g/mol. The molecule has 0 aliphatic carbocycles. The Morgan fingerprint density at radius 3 is 3.00 bits per heavy atom. The number of carbonyl (C=O) groups excluding carboxylic acids is 1. The molecular formula is C9H15ClN4O2. The minimum absolute atomic E-state index is 0. The zero-order valence-corrected chi connectivity index (χ0v) is 9.55. The number of aromatic amines is 1. The van der Waals surface area contributed by atoms with Crippen molar-refractivity contribution in [2.24, 2.45) is 0 Å². The lowest BCUT2D eigenvalue weighted by atomic mass is 10.2. The van der Waals surface area contributed by atoms with Crippen molar-refractivity contribution in [2.75, 3.05) is 25.0 Å². The van der Waals surface area contributed by atoms with Crippen LogP contribution in [0.1, 0.15) is 6.42 Å². The van der Waals surface area contributed by atoms with Crippen molar-refractivity contribution in [3.63, 3.8) is 0 Å². The van der Waals surface area contributed by atoms with Gasteiger partial charge in [-0.3, -0.25) is 9.89 Å². The molecule has 1 amide bonds. The Balaban J connectivity index is 0.00000128. The number of H-pyrrole nitrogens is 1. The number of aromatic nitrogens is 2. The van der Waals surface area contributed by atoms with Crippen LogP contribution in [0, 0.1) is 0 Å². The molecule has 7 heteroatoms. The lowest BCUT2D eigenvalue weighted by Gasteiger charge is -2.26. The highest BCUT2D eigenvalue weighted by molar-refractivity contribution is 5.90. The molecule has 90 valence electrons. The smallest absolute Gasteiger partial charge is 0.226 e. The zero-order valence-electron chi connectivity index (χ0n) is 8.73. The molecule has 0 spiro atoms. The predicted octanol–water partition coefficient (Wildman–Crippen LogP) is 0.148. The average Bonchev–Trinajstić information content (AvgIpc) is 2.62. The van der Waals surface area contributed by atoms with Crippen LogP contribution in [-0.2, 0) is 9.53 Å². The van der Waals surface area contributed by atoms with E-state index in [1.165, 1.54) is 0 Å². The summed E-state index contributed by atoms with van der Waals surface area (Å²) < 4.78 is 5.42. The molecule has 1 aliphatic rings. The molecule has 16 heavy (non-hydrogen) atoms. The van der Waals surface area contributed by atoms with Gasteiger partial charge in [-0.2, -0.15) is 5.10 Å². The largest absolute Gasteiger partial charge is 0.375 e. The Morgan fingerprint density at radius 2 is 2.44 bits per heavy atom. The molecule has 2 rings (SSSR count). The van der Waals surface area contributed by atoms with E-state index in [2.05, 4.69) is 20.8 Å². The monoisotopic (exact) mass is 246 g/mol. The molecule has 1 saturated heterocycles. The van der Waals surface area contributed by atoms with Crippen molar-refractivity contribution in [1.29, 1.82) is 0 Å².